The molecule has 1 aromatic carbocycles. The summed E-state index contributed by atoms with van der Waals surface area (Å²) in [6.45, 7) is 1.80. The second kappa shape index (κ2) is 8.25. The lowest BCUT2D eigenvalue weighted by atomic mass is 9.91. The molecule has 9 nitrogen and oxygen atoms in total. The number of nitrogens with one attached hydrogen (secondary N) is 1. The lowest BCUT2D eigenvalue weighted by Gasteiger charge is -2.34. The SMILES string of the molecule is CS(=O)c1nccc(-c2[nH]c(C3OCC(C)(C(N)=O)CO3)nc2-c2ccc(F)cc2)n1. The number of aromatic nitrogens is 4. The number of primary amides is 1. The van der Waals surface area contributed by atoms with E-state index in [1.165, 1.54) is 24.6 Å². The van der Waals surface area contributed by atoms with Crippen molar-refractivity contribution in [1.29, 1.82) is 0 Å². The van der Waals surface area contributed by atoms with E-state index in [-0.39, 0.29) is 24.2 Å². The lowest BCUT2D eigenvalue weighted by molar-refractivity contribution is -0.230. The van der Waals surface area contributed by atoms with Crippen LogP contribution in [0.25, 0.3) is 22.6 Å². The Morgan fingerprint density at radius 2 is 1.90 bits per heavy atom. The summed E-state index contributed by atoms with van der Waals surface area (Å²) in [6, 6.07) is 7.47. The third kappa shape index (κ3) is 4.24. The maximum absolute atomic E-state index is 13.4. The van der Waals surface area contributed by atoms with Crippen molar-refractivity contribution in [3.8, 4) is 22.6 Å². The molecule has 1 aliphatic rings. The summed E-state index contributed by atoms with van der Waals surface area (Å²) >= 11 is 0. The van der Waals surface area contributed by atoms with Crippen LogP contribution in [0.15, 0.2) is 41.7 Å². The third-order valence-corrected chi connectivity index (χ3v) is 5.62. The summed E-state index contributed by atoms with van der Waals surface area (Å²) in [6.07, 6.45) is 2.12. The predicted molar refractivity (Wildman–Crippen MR) is 109 cm³/mol. The average Bonchev–Trinajstić information content (AvgIpc) is 3.20. The van der Waals surface area contributed by atoms with Gasteiger partial charge >= 0.3 is 0 Å². The fraction of sp³-hybridized carbons (Fsp3) is 0.300. The first-order valence-corrected chi connectivity index (χ1v) is 10.9. The van der Waals surface area contributed by atoms with Crippen molar-refractivity contribution in [2.45, 2.75) is 18.4 Å². The van der Waals surface area contributed by atoms with Gasteiger partial charge in [-0.2, -0.15) is 0 Å². The van der Waals surface area contributed by atoms with Crippen molar-refractivity contribution in [3.63, 3.8) is 0 Å². The summed E-state index contributed by atoms with van der Waals surface area (Å²) in [5, 5.41) is 0.168. The fourth-order valence-electron chi connectivity index (χ4n) is 3.03. The standard InChI is InChI=1S/C20H20FN5O4S/c1-20(18(22)27)9-29-17(30-10-20)16-25-14(11-3-5-12(21)6-4-11)15(26-16)13-7-8-23-19(24-13)31(2)28/h3-8,17H,9-10H2,1-2H3,(H2,22,27)(H,25,26). The van der Waals surface area contributed by atoms with Crippen molar-refractivity contribution in [3.05, 3.63) is 48.2 Å². The highest BCUT2D eigenvalue weighted by atomic mass is 32.2. The molecule has 162 valence electrons. The summed E-state index contributed by atoms with van der Waals surface area (Å²) in [4.78, 5) is 27.7. The first kappa shape index (κ1) is 21.2. The third-order valence-electron chi connectivity index (χ3n) is 4.91. The van der Waals surface area contributed by atoms with E-state index in [0.29, 0.717) is 28.5 Å². The van der Waals surface area contributed by atoms with Gasteiger partial charge in [-0.3, -0.25) is 9.00 Å². The molecule has 0 spiro atoms. The van der Waals surface area contributed by atoms with Gasteiger partial charge in [-0.25, -0.2) is 19.3 Å². The Bertz CT molecular complexity index is 1140. The van der Waals surface area contributed by atoms with Crippen LogP contribution in [-0.2, 0) is 25.1 Å². The van der Waals surface area contributed by atoms with Crippen LogP contribution in [0.5, 0.6) is 0 Å². The topological polar surface area (TPSA) is 133 Å². The molecule has 0 radical (unpaired) electrons. The van der Waals surface area contributed by atoms with Crippen molar-refractivity contribution >= 4 is 16.7 Å². The smallest absolute Gasteiger partial charge is 0.228 e. The van der Waals surface area contributed by atoms with Gasteiger partial charge in [0, 0.05) is 18.0 Å². The van der Waals surface area contributed by atoms with Crippen molar-refractivity contribution in [2.75, 3.05) is 19.5 Å². The monoisotopic (exact) mass is 445 g/mol. The summed E-state index contributed by atoms with van der Waals surface area (Å²) < 4.78 is 36.7. The van der Waals surface area contributed by atoms with Gasteiger partial charge in [0.2, 0.25) is 17.4 Å². The number of hydrogen-bond donors (Lipinski definition) is 2. The number of carbonyl (C=O) groups excluding carboxylic acids is 1. The number of rotatable bonds is 5. The number of hydrogen-bond acceptors (Lipinski definition) is 7. The molecule has 31 heavy (non-hydrogen) atoms. The van der Waals surface area contributed by atoms with Gasteiger partial charge in [0.1, 0.15) is 5.82 Å². The number of H-pyrrole nitrogens is 1. The van der Waals surface area contributed by atoms with Gasteiger partial charge in [-0.05, 0) is 37.3 Å². The molecule has 11 heteroatoms. The highest BCUT2D eigenvalue weighted by molar-refractivity contribution is 7.84. The van der Waals surface area contributed by atoms with Crippen LogP contribution in [0.3, 0.4) is 0 Å². The maximum atomic E-state index is 13.4. The van der Waals surface area contributed by atoms with Crippen LogP contribution >= 0.6 is 0 Å². The number of carbonyl (C=O) groups is 1. The quantitative estimate of drug-likeness (QED) is 0.574. The largest absolute Gasteiger partial charge is 0.369 e. The van der Waals surface area contributed by atoms with Gasteiger partial charge in [-0.15, -0.1) is 0 Å². The van der Waals surface area contributed by atoms with Gasteiger partial charge in [0.25, 0.3) is 0 Å². The van der Waals surface area contributed by atoms with E-state index >= 15 is 0 Å². The van der Waals surface area contributed by atoms with E-state index in [1.807, 2.05) is 0 Å². The highest BCUT2D eigenvalue weighted by Gasteiger charge is 2.39. The number of aromatic amines is 1. The number of halogens is 1. The molecule has 3 heterocycles. The average molecular weight is 445 g/mol. The van der Waals surface area contributed by atoms with Crippen LogP contribution in [0, 0.1) is 11.2 Å². The minimum atomic E-state index is -1.38. The van der Waals surface area contributed by atoms with Crippen molar-refractivity contribution in [1.82, 2.24) is 19.9 Å². The molecule has 4 rings (SSSR count). The molecule has 1 atom stereocenters. The number of nitrogens with zero attached hydrogens (tertiary/aromatic N) is 3. The van der Waals surface area contributed by atoms with Gasteiger partial charge < -0.3 is 20.2 Å². The second-order valence-electron chi connectivity index (χ2n) is 7.41. The highest BCUT2D eigenvalue weighted by Crippen LogP contribution is 2.35. The van der Waals surface area contributed by atoms with Crippen molar-refractivity contribution in [2.24, 2.45) is 11.1 Å². The van der Waals surface area contributed by atoms with E-state index in [2.05, 4.69) is 19.9 Å². The molecule has 3 aromatic rings. The summed E-state index contributed by atoms with van der Waals surface area (Å²) in [5.41, 5.74) is 6.57. The molecule has 2 aromatic heterocycles. The molecule has 1 saturated heterocycles. The molecule has 0 bridgehead atoms. The van der Waals surface area contributed by atoms with Crippen LogP contribution in [0.2, 0.25) is 0 Å². The van der Waals surface area contributed by atoms with Crippen LogP contribution in [0.1, 0.15) is 19.0 Å². The molecule has 1 aliphatic heterocycles. The first-order valence-electron chi connectivity index (χ1n) is 9.32. The van der Waals surface area contributed by atoms with E-state index in [0.717, 1.165) is 0 Å². The van der Waals surface area contributed by atoms with Crippen molar-refractivity contribution < 1.29 is 22.9 Å². The zero-order valence-corrected chi connectivity index (χ0v) is 17.6. The number of amides is 1. The number of imidazole rings is 1. The Labute approximate surface area is 179 Å². The van der Waals surface area contributed by atoms with Gasteiger partial charge in [0.05, 0.1) is 46.5 Å². The summed E-state index contributed by atoms with van der Waals surface area (Å²) in [7, 11) is -1.38. The number of nitrogens with two attached hydrogens (primary N) is 1. The maximum Gasteiger partial charge on any atom is 0.228 e. The van der Waals surface area contributed by atoms with E-state index in [9.17, 15) is 13.4 Å². The predicted octanol–water partition coefficient (Wildman–Crippen LogP) is 1.95. The number of ether oxygens (including phenoxy) is 2. The Morgan fingerprint density at radius 1 is 1.23 bits per heavy atom. The Kier molecular flexibility index (Phi) is 5.65. The first-order chi connectivity index (χ1) is 14.8. The molecular weight excluding hydrogens is 425 g/mol. The molecule has 1 fully saturated rings. The van der Waals surface area contributed by atoms with Gasteiger partial charge in [0.15, 0.2) is 5.82 Å². The van der Waals surface area contributed by atoms with E-state index in [1.54, 1.807) is 25.1 Å². The normalized spacial score (nSPS) is 22.2. The summed E-state index contributed by atoms with van der Waals surface area (Å²) in [5.74, 6) is -0.547. The molecule has 0 aliphatic carbocycles. The van der Waals surface area contributed by atoms with E-state index < -0.39 is 28.4 Å². The van der Waals surface area contributed by atoms with E-state index in [4.69, 9.17) is 15.2 Å². The Morgan fingerprint density at radius 3 is 2.52 bits per heavy atom. The fourth-order valence-corrected chi connectivity index (χ4v) is 3.47. The molecule has 3 N–H and O–H groups in total. The Balaban J connectivity index is 1.75. The van der Waals surface area contributed by atoms with Crippen LogP contribution in [-0.4, -0.2) is 49.5 Å². The Hall–Kier alpha value is -3.02. The lowest BCUT2D eigenvalue weighted by Crippen LogP contribution is -2.46. The molecule has 1 unspecified atom stereocenters. The molecular formula is C20H20FN5O4S. The molecule has 1 amide bonds. The molecule has 0 saturated carbocycles. The number of benzene rings is 1. The zero-order valence-electron chi connectivity index (χ0n) is 16.8. The van der Waals surface area contributed by atoms with Crippen LogP contribution in [0.4, 0.5) is 4.39 Å². The minimum Gasteiger partial charge on any atom is -0.369 e. The second-order valence-corrected chi connectivity index (χ2v) is 8.68. The van der Waals surface area contributed by atoms with Crippen LogP contribution < -0.4 is 5.73 Å². The minimum absolute atomic E-state index is 0.0708. The zero-order chi connectivity index (χ0) is 22.2. The van der Waals surface area contributed by atoms with Gasteiger partial charge in [-0.1, -0.05) is 0 Å².